The van der Waals surface area contributed by atoms with Crippen LogP contribution in [0.5, 0.6) is 5.75 Å². The summed E-state index contributed by atoms with van der Waals surface area (Å²) in [5, 5.41) is 24.4. The highest BCUT2D eigenvalue weighted by Crippen LogP contribution is 2.22. The fourth-order valence-electron chi connectivity index (χ4n) is 2.96. The number of rotatable bonds is 7. The number of halogens is 1. The van der Waals surface area contributed by atoms with Crippen molar-refractivity contribution in [1.82, 2.24) is 9.88 Å². The number of carboxylic acids is 1. The topological polar surface area (TPSA) is 134 Å². The van der Waals surface area contributed by atoms with E-state index in [9.17, 15) is 19.5 Å². The van der Waals surface area contributed by atoms with E-state index < -0.39 is 35.8 Å². The molecule has 0 bridgehead atoms. The SMILES string of the molecule is Cc1ccc(C(CC(=O)O)NC(=O)Nc2c(O)ccn(Cc3ccccc3Cl)c2=O)o1. The molecule has 1 aromatic carbocycles. The normalized spacial score (nSPS) is 11.7. The van der Waals surface area contributed by atoms with Gasteiger partial charge in [0.25, 0.3) is 5.56 Å². The number of aromatic nitrogens is 1. The Labute approximate surface area is 181 Å². The summed E-state index contributed by atoms with van der Waals surface area (Å²) in [5.41, 5.74) is -0.322. The van der Waals surface area contributed by atoms with Gasteiger partial charge in [0.05, 0.1) is 19.0 Å². The average molecular weight is 446 g/mol. The number of nitrogens with zero attached hydrogens (tertiary/aromatic N) is 1. The molecule has 0 aliphatic carbocycles. The molecular weight excluding hydrogens is 426 g/mol. The zero-order valence-electron chi connectivity index (χ0n) is 16.5. The number of anilines is 1. The Morgan fingerprint density at radius 2 is 1.94 bits per heavy atom. The standard InChI is InChI=1S/C21H20ClN3O6/c1-12-6-7-17(31-12)15(10-18(27)28)23-21(30)24-19-16(26)8-9-25(20(19)29)11-13-4-2-3-5-14(13)22/h2-9,15,26H,10-11H2,1H3,(H,27,28)(H2,23,24,30). The van der Waals surface area contributed by atoms with Gasteiger partial charge in [-0.25, -0.2) is 4.79 Å². The van der Waals surface area contributed by atoms with Gasteiger partial charge in [-0.05, 0) is 36.8 Å². The van der Waals surface area contributed by atoms with E-state index in [1.807, 2.05) is 0 Å². The van der Waals surface area contributed by atoms with Gasteiger partial charge in [0.15, 0.2) is 5.69 Å². The number of nitrogens with one attached hydrogen (secondary N) is 2. The van der Waals surface area contributed by atoms with Gasteiger partial charge in [0.2, 0.25) is 0 Å². The molecule has 1 unspecified atom stereocenters. The van der Waals surface area contributed by atoms with Crippen molar-refractivity contribution < 1.29 is 24.2 Å². The Morgan fingerprint density at radius 1 is 1.19 bits per heavy atom. The van der Waals surface area contributed by atoms with Crippen LogP contribution in [0.3, 0.4) is 0 Å². The molecule has 2 heterocycles. The van der Waals surface area contributed by atoms with E-state index in [0.717, 1.165) is 0 Å². The Kier molecular flexibility index (Phi) is 6.66. The van der Waals surface area contributed by atoms with Gasteiger partial charge in [-0.15, -0.1) is 0 Å². The van der Waals surface area contributed by atoms with Crippen molar-refractivity contribution in [2.75, 3.05) is 5.32 Å². The maximum Gasteiger partial charge on any atom is 0.320 e. The van der Waals surface area contributed by atoms with Crippen LogP contribution in [0.4, 0.5) is 10.5 Å². The smallest absolute Gasteiger partial charge is 0.320 e. The quantitative estimate of drug-likeness (QED) is 0.439. The van der Waals surface area contributed by atoms with Crippen molar-refractivity contribution in [2.45, 2.75) is 25.9 Å². The Hall–Kier alpha value is -3.72. The number of hydrogen-bond acceptors (Lipinski definition) is 5. The van der Waals surface area contributed by atoms with Crippen molar-refractivity contribution >= 4 is 29.3 Å². The minimum Gasteiger partial charge on any atom is -0.505 e. The van der Waals surface area contributed by atoms with E-state index in [1.54, 1.807) is 43.3 Å². The fraction of sp³-hybridized carbons (Fsp3) is 0.190. The summed E-state index contributed by atoms with van der Waals surface area (Å²) in [4.78, 5) is 36.4. The number of carbonyl (C=O) groups is 2. The maximum atomic E-state index is 12.8. The van der Waals surface area contributed by atoms with Crippen molar-refractivity contribution in [3.05, 3.63) is 81.1 Å². The zero-order chi connectivity index (χ0) is 22.5. The number of aryl methyl sites for hydroxylation is 1. The Balaban J connectivity index is 1.81. The molecule has 2 aromatic heterocycles. The number of furan rings is 1. The van der Waals surface area contributed by atoms with E-state index >= 15 is 0 Å². The second-order valence-corrected chi connectivity index (χ2v) is 7.20. The molecule has 2 amide bonds. The van der Waals surface area contributed by atoms with Crippen LogP contribution in [0, 0.1) is 6.92 Å². The van der Waals surface area contributed by atoms with Gasteiger partial charge in [0.1, 0.15) is 17.3 Å². The van der Waals surface area contributed by atoms with Crippen LogP contribution in [-0.4, -0.2) is 26.8 Å². The number of aliphatic carboxylic acids is 1. The van der Waals surface area contributed by atoms with E-state index in [1.165, 1.54) is 16.8 Å². The van der Waals surface area contributed by atoms with Crippen molar-refractivity contribution in [2.24, 2.45) is 0 Å². The van der Waals surface area contributed by atoms with Crippen molar-refractivity contribution in [3.63, 3.8) is 0 Å². The molecule has 0 spiro atoms. The van der Waals surface area contributed by atoms with Crippen molar-refractivity contribution in [1.29, 1.82) is 0 Å². The minimum atomic E-state index is -1.15. The van der Waals surface area contributed by atoms with Gasteiger partial charge >= 0.3 is 12.0 Å². The molecule has 3 aromatic rings. The molecule has 3 rings (SSSR count). The number of urea groups is 1. The number of carbonyl (C=O) groups excluding carboxylic acids is 1. The largest absolute Gasteiger partial charge is 0.505 e. The summed E-state index contributed by atoms with van der Waals surface area (Å²) < 4.78 is 6.69. The molecule has 0 saturated heterocycles. The molecule has 0 aliphatic heterocycles. The molecule has 31 heavy (non-hydrogen) atoms. The second-order valence-electron chi connectivity index (χ2n) is 6.80. The minimum absolute atomic E-state index is 0.127. The number of carboxylic acid groups (broad SMARTS) is 1. The van der Waals surface area contributed by atoms with Crippen molar-refractivity contribution in [3.8, 4) is 5.75 Å². The number of aromatic hydroxyl groups is 1. The summed E-state index contributed by atoms with van der Waals surface area (Å²) in [7, 11) is 0. The van der Waals surface area contributed by atoms with E-state index in [4.69, 9.17) is 21.1 Å². The highest BCUT2D eigenvalue weighted by atomic mass is 35.5. The molecule has 0 fully saturated rings. The van der Waals surface area contributed by atoms with Gasteiger partial charge < -0.3 is 29.8 Å². The van der Waals surface area contributed by atoms with Gasteiger partial charge in [-0.1, -0.05) is 29.8 Å². The summed E-state index contributed by atoms with van der Waals surface area (Å²) in [5.74, 6) is -0.776. The molecular formula is C21H20ClN3O6. The lowest BCUT2D eigenvalue weighted by Gasteiger charge is -2.16. The summed E-state index contributed by atoms with van der Waals surface area (Å²) >= 11 is 6.14. The molecule has 0 radical (unpaired) electrons. The third-order valence-corrected chi connectivity index (χ3v) is 4.84. The highest BCUT2D eigenvalue weighted by molar-refractivity contribution is 6.31. The lowest BCUT2D eigenvalue weighted by molar-refractivity contribution is -0.137. The summed E-state index contributed by atoms with van der Waals surface area (Å²) in [6, 6.07) is 9.59. The van der Waals surface area contributed by atoms with Gasteiger partial charge in [-0.3, -0.25) is 9.59 Å². The zero-order valence-corrected chi connectivity index (χ0v) is 17.2. The highest BCUT2D eigenvalue weighted by Gasteiger charge is 2.22. The Morgan fingerprint density at radius 3 is 2.58 bits per heavy atom. The molecule has 0 aliphatic rings. The third-order valence-electron chi connectivity index (χ3n) is 4.47. The first kappa shape index (κ1) is 22.0. The van der Waals surface area contributed by atoms with Crippen LogP contribution >= 0.6 is 11.6 Å². The summed E-state index contributed by atoms with van der Waals surface area (Å²) in [6.07, 6.45) is 0.945. The number of hydrogen-bond donors (Lipinski definition) is 4. The number of amides is 2. The van der Waals surface area contributed by atoms with Crippen LogP contribution in [0.1, 0.15) is 29.5 Å². The lowest BCUT2D eigenvalue weighted by atomic mass is 10.1. The molecule has 162 valence electrons. The average Bonchev–Trinajstić information content (AvgIpc) is 3.14. The van der Waals surface area contributed by atoms with Gasteiger partial charge in [-0.2, -0.15) is 0 Å². The lowest BCUT2D eigenvalue weighted by Crippen LogP contribution is -2.36. The van der Waals surface area contributed by atoms with Crippen LogP contribution in [0.2, 0.25) is 5.02 Å². The molecule has 9 nitrogen and oxygen atoms in total. The molecule has 1 atom stereocenters. The first-order chi connectivity index (χ1) is 14.7. The molecule has 4 N–H and O–H groups in total. The molecule has 0 saturated carbocycles. The maximum absolute atomic E-state index is 12.8. The van der Waals surface area contributed by atoms with Crippen LogP contribution < -0.4 is 16.2 Å². The van der Waals surface area contributed by atoms with E-state index in [2.05, 4.69) is 10.6 Å². The van der Waals surface area contributed by atoms with E-state index in [-0.39, 0.29) is 18.0 Å². The van der Waals surface area contributed by atoms with Crippen LogP contribution in [0.15, 0.2) is 57.9 Å². The number of benzene rings is 1. The fourth-order valence-corrected chi connectivity index (χ4v) is 3.16. The Bertz CT molecular complexity index is 1170. The van der Waals surface area contributed by atoms with E-state index in [0.29, 0.717) is 16.3 Å². The summed E-state index contributed by atoms with van der Waals surface area (Å²) in [6.45, 7) is 1.81. The first-order valence-corrected chi connectivity index (χ1v) is 9.64. The predicted molar refractivity (Wildman–Crippen MR) is 114 cm³/mol. The monoisotopic (exact) mass is 445 g/mol. The van der Waals surface area contributed by atoms with Gasteiger partial charge in [0, 0.05) is 11.2 Å². The third kappa shape index (κ3) is 5.46. The second kappa shape index (κ2) is 9.40. The molecule has 10 heteroatoms. The predicted octanol–water partition coefficient (Wildman–Crippen LogP) is 3.49. The number of pyridine rings is 1. The van der Waals surface area contributed by atoms with Crippen LogP contribution in [-0.2, 0) is 11.3 Å². The first-order valence-electron chi connectivity index (χ1n) is 9.26. The van der Waals surface area contributed by atoms with Crippen LogP contribution in [0.25, 0.3) is 0 Å².